The van der Waals surface area contributed by atoms with Crippen molar-refractivity contribution in [3.8, 4) is 5.75 Å². The number of amides is 1. The van der Waals surface area contributed by atoms with Gasteiger partial charge >= 0.3 is 0 Å². The van der Waals surface area contributed by atoms with Gasteiger partial charge in [0.15, 0.2) is 6.61 Å². The Bertz CT molecular complexity index is 589. The molecule has 0 aliphatic carbocycles. The molecule has 1 atom stereocenters. The predicted molar refractivity (Wildman–Crippen MR) is 107 cm³/mol. The summed E-state index contributed by atoms with van der Waals surface area (Å²) < 4.78 is 5.81. The minimum absolute atomic E-state index is 0.0947. The Morgan fingerprint density at radius 3 is 2.73 bits per heavy atom. The molecule has 2 rings (SSSR count). The monoisotopic (exact) mass is 361 g/mol. The molecule has 146 valence electrons. The van der Waals surface area contributed by atoms with Gasteiger partial charge in [0.05, 0.1) is 0 Å². The highest BCUT2D eigenvalue weighted by atomic mass is 16.5. The number of carbonyl (C=O) groups excluding carboxylic acids is 1. The summed E-state index contributed by atoms with van der Waals surface area (Å²) in [5.41, 5.74) is 2.30. The minimum Gasteiger partial charge on any atom is -0.483 e. The molecule has 1 aromatic carbocycles. The summed E-state index contributed by atoms with van der Waals surface area (Å²) >= 11 is 0. The standard InChI is InChI=1S/C21H35N3O2/c1-17-9-6-11-20(18(17)2)26-16-21(25)24-14-7-10-19(15-24)23(5)13-8-12-22(3)4/h6,9,11,19H,7-8,10,12-16H2,1-5H3/t19-/m1/s1. The summed E-state index contributed by atoms with van der Waals surface area (Å²) in [5.74, 6) is 0.907. The van der Waals surface area contributed by atoms with Crippen LogP contribution in [0.5, 0.6) is 5.75 Å². The van der Waals surface area contributed by atoms with E-state index in [-0.39, 0.29) is 12.5 Å². The zero-order valence-corrected chi connectivity index (χ0v) is 17.1. The summed E-state index contributed by atoms with van der Waals surface area (Å²) in [4.78, 5) is 19.2. The number of hydrogen-bond acceptors (Lipinski definition) is 4. The summed E-state index contributed by atoms with van der Waals surface area (Å²) in [7, 11) is 6.40. The van der Waals surface area contributed by atoms with Gasteiger partial charge < -0.3 is 19.4 Å². The van der Waals surface area contributed by atoms with Crippen LogP contribution >= 0.6 is 0 Å². The third-order valence-corrected chi connectivity index (χ3v) is 5.39. The molecule has 1 heterocycles. The van der Waals surface area contributed by atoms with Gasteiger partial charge in [-0.1, -0.05) is 12.1 Å². The Morgan fingerprint density at radius 1 is 1.23 bits per heavy atom. The fourth-order valence-electron chi connectivity index (χ4n) is 3.47. The van der Waals surface area contributed by atoms with Crippen molar-refractivity contribution in [2.45, 2.75) is 39.2 Å². The van der Waals surface area contributed by atoms with Gasteiger partial charge in [-0.05, 0) is 84.5 Å². The molecule has 0 radical (unpaired) electrons. The molecule has 1 aliphatic heterocycles. The molecule has 0 bridgehead atoms. The fourth-order valence-corrected chi connectivity index (χ4v) is 3.47. The number of likely N-dealkylation sites (tertiary alicyclic amines) is 1. The van der Waals surface area contributed by atoms with Crippen LogP contribution in [-0.2, 0) is 4.79 Å². The zero-order valence-electron chi connectivity index (χ0n) is 17.1. The van der Waals surface area contributed by atoms with Crippen molar-refractivity contribution in [1.82, 2.24) is 14.7 Å². The van der Waals surface area contributed by atoms with E-state index in [2.05, 4.69) is 43.9 Å². The summed E-state index contributed by atoms with van der Waals surface area (Å²) in [6.07, 6.45) is 3.39. The average molecular weight is 362 g/mol. The van der Waals surface area contributed by atoms with Crippen LogP contribution < -0.4 is 4.74 Å². The van der Waals surface area contributed by atoms with Gasteiger partial charge in [-0.25, -0.2) is 0 Å². The quantitative estimate of drug-likeness (QED) is 0.713. The van der Waals surface area contributed by atoms with Gasteiger partial charge in [0.2, 0.25) is 0 Å². The number of hydrogen-bond donors (Lipinski definition) is 0. The number of aryl methyl sites for hydroxylation is 1. The number of carbonyl (C=O) groups is 1. The van der Waals surface area contributed by atoms with E-state index in [1.807, 2.05) is 24.0 Å². The van der Waals surface area contributed by atoms with E-state index in [0.29, 0.717) is 6.04 Å². The van der Waals surface area contributed by atoms with Crippen molar-refractivity contribution >= 4 is 5.91 Å². The number of likely N-dealkylation sites (N-methyl/N-ethyl adjacent to an activating group) is 1. The topological polar surface area (TPSA) is 36.0 Å². The maximum Gasteiger partial charge on any atom is 0.260 e. The molecule has 1 amide bonds. The largest absolute Gasteiger partial charge is 0.483 e. The molecule has 0 spiro atoms. The molecule has 1 saturated heterocycles. The fraction of sp³-hybridized carbons (Fsp3) is 0.667. The molecule has 5 nitrogen and oxygen atoms in total. The maximum atomic E-state index is 12.6. The molecule has 1 fully saturated rings. The molecule has 26 heavy (non-hydrogen) atoms. The van der Waals surface area contributed by atoms with Crippen LogP contribution in [0.15, 0.2) is 18.2 Å². The van der Waals surface area contributed by atoms with Crippen LogP contribution in [0, 0.1) is 13.8 Å². The SMILES string of the molecule is Cc1cccc(OCC(=O)N2CCC[C@@H](N(C)CCCN(C)C)C2)c1C. The Labute approximate surface area is 158 Å². The molecular weight excluding hydrogens is 326 g/mol. The van der Waals surface area contributed by atoms with E-state index < -0.39 is 0 Å². The second-order valence-corrected chi connectivity index (χ2v) is 7.76. The summed E-state index contributed by atoms with van der Waals surface area (Å²) in [6, 6.07) is 6.43. The van der Waals surface area contributed by atoms with Crippen molar-refractivity contribution in [3.05, 3.63) is 29.3 Å². The number of ether oxygens (including phenoxy) is 1. The number of benzene rings is 1. The molecule has 1 aliphatic rings. The van der Waals surface area contributed by atoms with E-state index in [1.54, 1.807) is 0 Å². The number of nitrogens with zero attached hydrogens (tertiary/aromatic N) is 3. The van der Waals surface area contributed by atoms with E-state index in [9.17, 15) is 4.79 Å². The molecule has 0 aromatic heterocycles. The van der Waals surface area contributed by atoms with E-state index in [1.165, 1.54) is 12.0 Å². The second-order valence-electron chi connectivity index (χ2n) is 7.76. The lowest BCUT2D eigenvalue weighted by atomic mass is 10.0. The first-order chi connectivity index (χ1) is 12.4. The van der Waals surface area contributed by atoms with Gasteiger partial charge in [-0.15, -0.1) is 0 Å². The van der Waals surface area contributed by atoms with Crippen LogP contribution in [0.2, 0.25) is 0 Å². The molecule has 0 N–H and O–H groups in total. The Kier molecular flexibility index (Phi) is 7.91. The third-order valence-electron chi connectivity index (χ3n) is 5.39. The molecule has 0 saturated carbocycles. The van der Waals surface area contributed by atoms with Crippen molar-refractivity contribution in [3.63, 3.8) is 0 Å². The second kappa shape index (κ2) is 9.93. The smallest absolute Gasteiger partial charge is 0.260 e. The Morgan fingerprint density at radius 2 is 2.00 bits per heavy atom. The van der Waals surface area contributed by atoms with Gasteiger partial charge in [0.25, 0.3) is 5.91 Å². The lowest BCUT2D eigenvalue weighted by Crippen LogP contribution is -2.50. The van der Waals surface area contributed by atoms with Crippen LogP contribution in [-0.4, -0.2) is 80.6 Å². The normalized spacial score (nSPS) is 17.8. The van der Waals surface area contributed by atoms with E-state index >= 15 is 0 Å². The number of piperidine rings is 1. The van der Waals surface area contributed by atoms with Crippen molar-refractivity contribution in [2.24, 2.45) is 0 Å². The lowest BCUT2D eigenvalue weighted by Gasteiger charge is -2.37. The summed E-state index contributed by atoms with van der Waals surface area (Å²) in [5, 5.41) is 0. The van der Waals surface area contributed by atoms with E-state index in [0.717, 1.165) is 50.3 Å². The van der Waals surface area contributed by atoms with Gasteiger partial charge in [-0.2, -0.15) is 0 Å². The molecule has 0 unspecified atom stereocenters. The van der Waals surface area contributed by atoms with E-state index in [4.69, 9.17) is 4.74 Å². The first kappa shape index (κ1) is 20.7. The van der Waals surface area contributed by atoms with Crippen LogP contribution in [0.25, 0.3) is 0 Å². The Hall–Kier alpha value is -1.59. The minimum atomic E-state index is 0.0947. The zero-order chi connectivity index (χ0) is 19.1. The van der Waals surface area contributed by atoms with Crippen LogP contribution in [0.1, 0.15) is 30.4 Å². The molecule has 5 heteroatoms. The van der Waals surface area contributed by atoms with Crippen LogP contribution in [0.3, 0.4) is 0 Å². The van der Waals surface area contributed by atoms with Crippen LogP contribution in [0.4, 0.5) is 0 Å². The van der Waals surface area contributed by atoms with Crippen molar-refractivity contribution in [1.29, 1.82) is 0 Å². The lowest BCUT2D eigenvalue weighted by molar-refractivity contribution is -0.135. The highest BCUT2D eigenvalue weighted by Gasteiger charge is 2.26. The predicted octanol–water partition coefficient (Wildman–Crippen LogP) is 2.56. The summed E-state index contributed by atoms with van der Waals surface area (Å²) in [6.45, 7) is 8.05. The third kappa shape index (κ3) is 5.99. The Balaban J connectivity index is 1.82. The van der Waals surface area contributed by atoms with Gasteiger partial charge in [0.1, 0.15) is 5.75 Å². The molecule has 1 aromatic rings. The number of rotatable bonds is 8. The maximum absolute atomic E-state index is 12.6. The highest BCUT2D eigenvalue weighted by molar-refractivity contribution is 5.78. The first-order valence-corrected chi connectivity index (χ1v) is 9.70. The highest BCUT2D eigenvalue weighted by Crippen LogP contribution is 2.21. The van der Waals surface area contributed by atoms with Gasteiger partial charge in [-0.3, -0.25) is 4.79 Å². The average Bonchev–Trinajstić information content (AvgIpc) is 2.62. The van der Waals surface area contributed by atoms with Gasteiger partial charge in [0, 0.05) is 19.1 Å². The first-order valence-electron chi connectivity index (χ1n) is 9.70. The van der Waals surface area contributed by atoms with Crippen molar-refractivity contribution in [2.75, 3.05) is 53.9 Å². The molecular formula is C21H35N3O2. The van der Waals surface area contributed by atoms with Crippen molar-refractivity contribution < 1.29 is 9.53 Å².